The van der Waals surface area contributed by atoms with E-state index in [1.165, 1.54) is 18.2 Å². The van der Waals surface area contributed by atoms with Gasteiger partial charge in [0.2, 0.25) is 0 Å². The van der Waals surface area contributed by atoms with E-state index in [1.54, 1.807) is 6.20 Å². The third kappa shape index (κ3) is 5.07. The molecule has 120 valence electrons. The van der Waals surface area contributed by atoms with Crippen molar-refractivity contribution in [3.05, 3.63) is 16.7 Å². The molecule has 0 atom stereocenters. The lowest BCUT2D eigenvalue weighted by Gasteiger charge is -2.09. The fraction of sp³-hybridized carbons (Fsp3) is 0.533. The highest BCUT2D eigenvalue weighted by molar-refractivity contribution is 9.10. The number of aliphatic hydroxyl groups is 1. The van der Waals surface area contributed by atoms with E-state index in [2.05, 4.69) is 36.2 Å². The van der Waals surface area contributed by atoms with E-state index >= 15 is 0 Å². The summed E-state index contributed by atoms with van der Waals surface area (Å²) in [4.78, 5) is 13.3. The number of rotatable bonds is 9. The third-order valence-electron chi connectivity index (χ3n) is 3.31. The van der Waals surface area contributed by atoms with Gasteiger partial charge in [-0.25, -0.2) is 15.0 Å². The Morgan fingerprint density at radius 3 is 2.73 bits per heavy atom. The lowest BCUT2D eigenvalue weighted by Crippen LogP contribution is -2.05. The first kappa shape index (κ1) is 17.4. The van der Waals surface area contributed by atoms with Crippen molar-refractivity contribution in [2.24, 2.45) is 0 Å². The Kier molecular flexibility index (Phi) is 7.35. The quantitative estimate of drug-likeness (QED) is 0.388. The molecule has 0 radical (unpaired) electrons. The number of hydrogen-bond acceptors (Lipinski definition) is 6. The van der Waals surface area contributed by atoms with Gasteiger partial charge in [-0.05, 0) is 41.1 Å². The van der Waals surface area contributed by atoms with Crippen LogP contribution in [0.3, 0.4) is 0 Å². The average Bonchev–Trinajstić information content (AvgIpc) is 2.54. The Bertz CT molecular complexity index is 611. The normalized spacial score (nSPS) is 11.0. The molecular weight excluding hydrogens is 364 g/mol. The fourth-order valence-electron chi connectivity index (χ4n) is 2.12. The minimum Gasteiger partial charge on any atom is -0.396 e. The number of hydrogen-bond donors (Lipinski definition) is 2. The van der Waals surface area contributed by atoms with E-state index in [9.17, 15) is 0 Å². The summed E-state index contributed by atoms with van der Waals surface area (Å²) in [6.07, 6.45) is 9.19. The predicted octanol–water partition coefficient (Wildman–Crippen LogP) is 3.86. The minimum absolute atomic E-state index is 0.298. The van der Waals surface area contributed by atoms with Crippen molar-refractivity contribution in [3.8, 4) is 0 Å². The number of nitrogens with zero attached hydrogens (tertiary/aromatic N) is 3. The van der Waals surface area contributed by atoms with Gasteiger partial charge in [0, 0.05) is 24.7 Å². The number of fused-ring (bicyclic) bond motifs is 1. The van der Waals surface area contributed by atoms with Gasteiger partial charge in [-0.1, -0.05) is 31.0 Å². The van der Waals surface area contributed by atoms with Crippen LogP contribution >= 0.6 is 27.7 Å². The number of aromatic nitrogens is 3. The topological polar surface area (TPSA) is 70.9 Å². The summed E-state index contributed by atoms with van der Waals surface area (Å²) >= 11 is 5.06. The number of thioether (sulfide) groups is 1. The van der Waals surface area contributed by atoms with Gasteiger partial charge >= 0.3 is 0 Å². The fourth-order valence-corrected chi connectivity index (χ4v) is 2.93. The first-order chi connectivity index (χ1) is 10.7. The molecule has 0 saturated carbocycles. The highest BCUT2D eigenvalue weighted by Crippen LogP contribution is 2.25. The molecule has 0 aromatic carbocycles. The monoisotopic (exact) mass is 384 g/mol. The molecule has 0 aliphatic rings. The van der Waals surface area contributed by atoms with Crippen molar-refractivity contribution >= 4 is 44.5 Å². The van der Waals surface area contributed by atoms with Gasteiger partial charge in [0.25, 0.3) is 0 Å². The molecule has 0 aliphatic heterocycles. The Morgan fingerprint density at radius 2 is 1.95 bits per heavy atom. The van der Waals surface area contributed by atoms with Crippen molar-refractivity contribution in [1.82, 2.24) is 15.0 Å². The van der Waals surface area contributed by atoms with Crippen LogP contribution in [0.2, 0.25) is 0 Å². The Labute approximate surface area is 143 Å². The maximum Gasteiger partial charge on any atom is 0.189 e. The van der Waals surface area contributed by atoms with Crippen LogP contribution in [-0.2, 0) is 0 Å². The van der Waals surface area contributed by atoms with Crippen LogP contribution in [0.4, 0.5) is 5.82 Å². The van der Waals surface area contributed by atoms with Crippen LogP contribution in [0.1, 0.15) is 32.1 Å². The van der Waals surface area contributed by atoms with Crippen LogP contribution in [0, 0.1) is 0 Å². The Morgan fingerprint density at radius 1 is 1.18 bits per heavy atom. The number of nitrogens with one attached hydrogen (secondary N) is 1. The lowest BCUT2D eigenvalue weighted by atomic mass is 10.1. The van der Waals surface area contributed by atoms with Gasteiger partial charge in [-0.2, -0.15) is 0 Å². The maximum absolute atomic E-state index is 8.73. The highest BCUT2D eigenvalue weighted by Gasteiger charge is 2.07. The molecule has 5 nitrogen and oxygen atoms in total. The van der Waals surface area contributed by atoms with Gasteiger partial charge < -0.3 is 10.4 Å². The molecule has 0 amide bonds. The molecule has 0 aliphatic carbocycles. The molecule has 2 aromatic heterocycles. The van der Waals surface area contributed by atoms with E-state index in [-0.39, 0.29) is 0 Å². The van der Waals surface area contributed by atoms with Gasteiger partial charge in [0.1, 0.15) is 5.82 Å². The molecule has 0 saturated heterocycles. The van der Waals surface area contributed by atoms with Crippen LogP contribution in [-0.4, -0.2) is 39.5 Å². The maximum atomic E-state index is 8.73. The van der Waals surface area contributed by atoms with Crippen molar-refractivity contribution < 1.29 is 5.11 Å². The van der Waals surface area contributed by atoms with E-state index in [0.29, 0.717) is 12.3 Å². The zero-order chi connectivity index (χ0) is 15.8. The summed E-state index contributed by atoms with van der Waals surface area (Å²) in [5.41, 5.74) is 0.716. The van der Waals surface area contributed by atoms with Gasteiger partial charge in [0.05, 0.1) is 4.47 Å². The van der Waals surface area contributed by atoms with Crippen molar-refractivity contribution in [1.29, 1.82) is 0 Å². The molecule has 2 rings (SSSR count). The average molecular weight is 385 g/mol. The zero-order valence-electron chi connectivity index (χ0n) is 12.7. The van der Waals surface area contributed by atoms with E-state index < -0.39 is 0 Å². The number of unbranched alkanes of at least 4 members (excludes halogenated alkanes) is 4. The highest BCUT2D eigenvalue weighted by atomic mass is 79.9. The van der Waals surface area contributed by atoms with Gasteiger partial charge in [-0.3, -0.25) is 0 Å². The molecule has 2 N–H and O–H groups in total. The first-order valence-electron chi connectivity index (χ1n) is 7.46. The van der Waals surface area contributed by atoms with Crippen molar-refractivity contribution in [2.45, 2.75) is 37.3 Å². The number of aliphatic hydroxyl groups excluding tert-OH is 1. The molecular formula is C15H21BrN4OS. The number of anilines is 1. The number of halogens is 1. The molecule has 0 fully saturated rings. The number of pyridine rings is 1. The lowest BCUT2D eigenvalue weighted by molar-refractivity contribution is 0.282. The second kappa shape index (κ2) is 9.27. The SMILES string of the molecule is CSc1ncc2cc(Br)c(NCCCCCCCO)nc2n1. The summed E-state index contributed by atoms with van der Waals surface area (Å²) in [5, 5.41) is 13.8. The van der Waals surface area contributed by atoms with E-state index in [0.717, 1.165) is 53.1 Å². The summed E-state index contributed by atoms with van der Waals surface area (Å²) in [6, 6.07) is 2.00. The molecule has 2 aromatic rings. The largest absolute Gasteiger partial charge is 0.396 e. The standard InChI is InChI=1S/C15H21BrN4OS/c1-22-15-18-10-11-9-12(16)14(19-13(11)20-15)17-7-5-3-2-4-6-8-21/h9-10,21H,2-8H2,1H3,(H,17,18,19,20). The summed E-state index contributed by atoms with van der Waals surface area (Å²) in [5.74, 6) is 0.827. The Hall–Kier alpha value is -0.920. The third-order valence-corrected chi connectivity index (χ3v) is 4.48. The second-order valence-electron chi connectivity index (χ2n) is 5.01. The van der Waals surface area contributed by atoms with E-state index in [4.69, 9.17) is 5.11 Å². The van der Waals surface area contributed by atoms with E-state index in [1.807, 2.05) is 12.3 Å². The van der Waals surface area contributed by atoms with Crippen LogP contribution < -0.4 is 5.32 Å². The second-order valence-corrected chi connectivity index (χ2v) is 6.63. The Balaban J connectivity index is 1.91. The van der Waals surface area contributed by atoms with Crippen molar-refractivity contribution in [3.63, 3.8) is 0 Å². The van der Waals surface area contributed by atoms with Crippen LogP contribution in [0.5, 0.6) is 0 Å². The summed E-state index contributed by atoms with van der Waals surface area (Å²) < 4.78 is 0.931. The minimum atomic E-state index is 0.298. The summed E-state index contributed by atoms with van der Waals surface area (Å²) in [7, 11) is 0. The van der Waals surface area contributed by atoms with Gasteiger partial charge in [0.15, 0.2) is 10.8 Å². The summed E-state index contributed by atoms with van der Waals surface area (Å²) in [6.45, 7) is 1.18. The van der Waals surface area contributed by atoms with Crippen molar-refractivity contribution in [2.75, 3.05) is 24.7 Å². The van der Waals surface area contributed by atoms with Crippen LogP contribution in [0.25, 0.3) is 11.0 Å². The first-order valence-corrected chi connectivity index (χ1v) is 9.48. The zero-order valence-corrected chi connectivity index (χ0v) is 15.1. The molecule has 0 spiro atoms. The molecule has 22 heavy (non-hydrogen) atoms. The molecule has 7 heteroatoms. The molecule has 2 heterocycles. The predicted molar refractivity (Wildman–Crippen MR) is 95.5 cm³/mol. The molecule has 0 bridgehead atoms. The smallest absolute Gasteiger partial charge is 0.189 e. The van der Waals surface area contributed by atoms with Crippen LogP contribution in [0.15, 0.2) is 21.9 Å². The molecule has 0 unspecified atom stereocenters. The van der Waals surface area contributed by atoms with Gasteiger partial charge in [-0.15, -0.1) is 0 Å².